The maximum absolute atomic E-state index is 13.5. The number of hydrogen-bond acceptors (Lipinski definition) is 6. The predicted molar refractivity (Wildman–Crippen MR) is 178 cm³/mol. The Labute approximate surface area is 265 Å². The van der Waals surface area contributed by atoms with Crippen molar-refractivity contribution in [3.8, 4) is 22.8 Å². The Kier molecular flexibility index (Phi) is 8.97. The number of aryl methyl sites for hydroxylation is 4. The molecule has 3 aromatic carbocycles. The summed E-state index contributed by atoms with van der Waals surface area (Å²) >= 11 is 0. The molecule has 3 heterocycles. The van der Waals surface area contributed by atoms with Crippen LogP contribution in [0, 0.1) is 20.8 Å². The molecule has 1 N–H and O–H groups in total. The number of aliphatic hydroxyl groups excluding tert-OH is 1. The number of rotatable bonds is 8. The predicted octanol–water partition coefficient (Wildman–Crippen LogP) is 5.20. The van der Waals surface area contributed by atoms with Crippen molar-refractivity contribution in [3.63, 3.8) is 0 Å². The van der Waals surface area contributed by atoms with Gasteiger partial charge in [0.2, 0.25) is 0 Å². The van der Waals surface area contributed by atoms with Crippen molar-refractivity contribution >= 4 is 5.69 Å². The van der Waals surface area contributed by atoms with Crippen LogP contribution >= 0.6 is 0 Å². The van der Waals surface area contributed by atoms with Gasteiger partial charge in [-0.2, -0.15) is 0 Å². The molecule has 6 rings (SSSR count). The minimum Gasteiger partial charge on any atom is -0.493 e. The quantitative estimate of drug-likeness (QED) is 0.298. The second-order valence-corrected chi connectivity index (χ2v) is 12.6. The van der Waals surface area contributed by atoms with Gasteiger partial charge in [0.1, 0.15) is 18.2 Å². The Morgan fingerprint density at radius 1 is 0.956 bits per heavy atom. The summed E-state index contributed by atoms with van der Waals surface area (Å²) in [4.78, 5) is 20.8. The second-order valence-electron chi connectivity index (χ2n) is 12.6. The van der Waals surface area contributed by atoms with E-state index in [9.17, 15) is 9.90 Å². The highest BCUT2D eigenvalue weighted by Gasteiger charge is 2.24. The van der Waals surface area contributed by atoms with Gasteiger partial charge in [0.05, 0.1) is 18.5 Å². The molecule has 1 fully saturated rings. The molecule has 0 spiro atoms. The first-order valence-electron chi connectivity index (χ1n) is 15.9. The molecule has 0 aliphatic carbocycles. The van der Waals surface area contributed by atoms with Crippen molar-refractivity contribution in [1.29, 1.82) is 0 Å². The molecule has 2 aliphatic heterocycles. The summed E-state index contributed by atoms with van der Waals surface area (Å²) in [5.41, 5.74) is 8.91. The van der Waals surface area contributed by atoms with E-state index in [2.05, 4.69) is 68.1 Å². The number of piperidine rings is 1. The highest BCUT2D eigenvalue weighted by Crippen LogP contribution is 2.38. The maximum atomic E-state index is 13.5. The van der Waals surface area contributed by atoms with Gasteiger partial charge >= 0.3 is 5.69 Å². The van der Waals surface area contributed by atoms with E-state index in [0.717, 1.165) is 59.6 Å². The van der Waals surface area contributed by atoms with Crippen LogP contribution in [-0.2, 0) is 20.0 Å². The van der Waals surface area contributed by atoms with Gasteiger partial charge in [-0.05, 0) is 93.4 Å². The lowest BCUT2D eigenvalue weighted by Gasteiger charge is -2.33. The van der Waals surface area contributed by atoms with Crippen LogP contribution in [0.3, 0.4) is 0 Å². The van der Waals surface area contributed by atoms with Crippen LogP contribution in [-0.4, -0.2) is 58.6 Å². The topological polar surface area (TPSA) is 81.2 Å². The summed E-state index contributed by atoms with van der Waals surface area (Å²) in [7, 11) is 3.41. The molecule has 1 unspecified atom stereocenters. The summed E-state index contributed by atoms with van der Waals surface area (Å²) in [6, 6.07) is 20.9. The summed E-state index contributed by atoms with van der Waals surface area (Å²) in [6.07, 6.45) is 2.24. The molecule has 8 heteroatoms. The third-order valence-electron chi connectivity index (χ3n) is 9.31. The zero-order valence-corrected chi connectivity index (χ0v) is 27.0. The minimum absolute atomic E-state index is 0.107. The molecule has 236 valence electrons. The molecule has 1 saturated heterocycles. The lowest BCUT2D eigenvalue weighted by molar-refractivity contribution is 0.0586. The monoisotopic (exact) mass is 608 g/mol. The van der Waals surface area contributed by atoms with Crippen LogP contribution in [0.5, 0.6) is 11.5 Å². The average molecular weight is 609 g/mol. The van der Waals surface area contributed by atoms with Crippen molar-refractivity contribution in [1.82, 2.24) is 14.0 Å². The second kappa shape index (κ2) is 13.1. The zero-order chi connectivity index (χ0) is 31.7. The van der Waals surface area contributed by atoms with Crippen LogP contribution < -0.4 is 20.7 Å². The van der Waals surface area contributed by atoms with Gasteiger partial charge in [0, 0.05) is 31.8 Å². The molecule has 0 amide bonds. The Balaban J connectivity index is 1.22. The molecule has 2 aliphatic rings. The molecule has 0 radical (unpaired) electrons. The van der Waals surface area contributed by atoms with Gasteiger partial charge in [-0.3, -0.25) is 9.13 Å². The standard InChI is InChI=1S/C37H44N4O4/c1-24-17-25(2)36(26(3)18-24)38-35-21-32-31-20-34(33(44-5)19-29(31)13-16-41(32)37(43)39(35)4)45-23-30(42)22-40-14-11-28(12-15-40)27-9-7-6-8-10-27/h6-10,17-21,28,30,42H,11-16,22-23H2,1-5H3. The van der Waals surface area contributed by atoms with Gasteiger partial charge in [-0.15, -0.1) is 0 Å². The Hall–Kier alpha value is -4.14. The highest BCUT2D eigenvalue weighted by molar-refractivity contribution is 5.70. The van der Waals surface area contributed by atoms with Crippen molar-refractivity contribution in [2.75, 3.05) is 33.4 Å². The Morgan fingerprint density at radius 2 is 1.67 bits per heavy atom. The maximum Gasteiger partial charge on any atom is 0.329 e. The third kappa shape index (κ3) is 6.49. The van der Waals surface area contributed by atoms with E-state index >= 15 is 0 Å². The first-order chi connectivity index (χ1) is 21.7. The number of fused-ring (bicyclic) bond motifs is 3. The molecule has 0 bridgehead atoms. The van der Waals surface area contributed by atoms with Crippen molar-refractivity contribution in [2.45, 2.75) is 58.6 Å². The van der Waals surface area contributed by atoms with Crippen molar-refractivity contribution in [2.24, 2.45) is 12.0 Å². The number of nitrogens with zero attached hydrogens (tertiary/aromatic N) is 4. The van der Waals surface area contributed by atoms with E-state index in [1.807, 2.05) is 18.2 Å². The fraction of sp³-hybridized carbons (Fsp3) is 0.405. The van der Waals surface area contributed by atoms with Crippen LogP contribution in [0.2, 0.25) is 0 Å². The number of methoxy groups -OCH3 is 1. The van der Waals surface area contributed by atoms with E-state index in [4.69, 9.17) is 14.5 Å². The van der Waals surface area contributed by atoms with E-state index in [0.29, 0.717) is 42.4 Å². The first-order valence-corrected chi connectivity index (χ1v) is 15.9. The van der Waals surface area contributed by atoms with Crippen LogP contribution in [0.4, 0.5) is 5.69 Å². The number of aromatic nitrogens is 2. The number of benzene rings is 3. The van der Waals surface area contributed by atoms with E-state index in [1.54, 1.807) is 23.3 Å². The van der Waals surface area contributed by atoms with Crippen LogP contribution in [0.15, 0.2) is 70.5 Å². The molecule has 45 heavy (non-hydrogen) atoms. The molecular weight excluding hydrogens is 564 g/mol. The molecule has 1 aromatic heterocycles. The van der Waals surface area contributed by atoms with Gasteiger partial charge in [0.25, 0.3) is 0 Å². The lowest BCUT2D eigenvalue weighted by atomic mass is 9.89. The molecule has 4 aromatic rings. The number of aliphatic hydroxyl groups is 1. The lowest BCUT2D eigenvalue weighted by Crippen LogP contribution is -2.40. The van der Waals surface area contributed by atoms with Gasteiger partial charge < -0.3 is 19.5 Å². The SMILES string of the molecule is COc1cc2c(cc1OCC(O)CN1CCC(c3ccccc3)CC1)-c1cc(=Nc3c(C)cc(C)cc3C)n(C)c(=O)n1CC2. The fourth-order valence-electron chi connectivity index (χ4n) is 6.95. The zero-order valence-electron chi connectivity index (χ0n) is 27.0. The smallest absolute Gasteiger partial charge is 0.329 e. The van der Waals surface area contributed by atoms with E-state index in [-0.39, 0.29) is 12.3 Å². The number of likely N-dealkylation sites (tertiary alicyclic amines) is 1. The van der Waals surface area contributed by atoms with Gasteiger partial charge in [-0.1, -0.05) is 48.0 Å². The van der Waals surface area contributed by atoms with Crippen LogP contribution in [0.25, 0.3) is 11.3 Å². The molecule has 0 saturated carbocycles. The van der Waals surface area contributed by atoms with Gasteiger partial charge in [0.15, 0.2) is 11.5 Å². The number of β-amino-alcohol motifs (C(OH)–C–C–N with tert-alkyl or cyclic N) is 1. The van der Waals surface area contributed by atoms with Crippen LogP contribution in [0.1, 0.15) is 46.6 Å². The summed E-state index contributed by atoms with van der Waals surface area (Å²) in [6.45, 7) is 9.37. The summed E-state index contributed by atoms with van der Waals surface area (Å²) in [5.74, 6) is 1.75. The highest BCUT2D eigenvalue weighted by atomic mass is 16.5. The van der Waals surface area contributed by atoms with Crippen molar-refractivity contribution < 1.29 is 14.6 Å². The molecular formula is C37H44N4O4. The molecule has 1 atom stereocenters. The number of ether oxygens (including phenoxy) is 2. The molecule has 8 nitrogen and oxygen atoms in total. The first kappa shape index (κ1) is 30.9. The Morgan fingerprint density at radius 3 is 2.36 bits per heavy atom. The average Bonchev–Trinajstić information content (AvgIpc) is 3.04. The normalized spacial score (nSPS) is 16.3. The Bertz CT molecular complexity index is 1790. The van der Waals surface area contributed by atoms with Crippen molar-refractivity contribution in [3.05, 3.63) is 104 Å². The fourth-order valence-corrected chi connectivity index (χ4v) is 6.95. The largest absolute Gasteiger partial charge is 0.493 e. The summed E-state index contributed by atoms with van der Waals surface area (Å²) < 4.78 is 15.3. The minimum atomic E-state index is -0.639. The third-order valence-corrected chi connectivity index (χ3v) is 9.31. The van der Waals surface area contributed by atoms with Gasteiger partial charge in [-0.25, -0.2) is 9.79 Å². The number of hydrogen-bond donors (Lipinski definition) is 1. The van der Waals surface area contributed by atoms with E-state index in [1.165, 1.54) is 11.1 Å². The van der Waals surface area contributed by atoms with E-state index < -0.39 is 6.10 Å². The summed E-state index contributed by atoms with van der Waals surface area (Å²) in [5, 5.41) is 10.9.